The van der Waals surface area contributed by atoms with Gasteiger partial charge < -0.3 is 23.8 Å². The van der Waals surface area contributed by atoms with Gasteiger partial charge in [-0.25, -0.2) is 0 Å². The maximum Gasteiger partial charge on any atom is 0.252 e. The van der Waals surface area contributed by atoms with Crippen molar-refractivity contribution in [1.82, 2.24) is 9.13 Å². The van der Waals surface area contributed by atoms with Crippen molar-refractivity contribution in [3.05, 3.63) is 388 Å². The van der Waals surface area contributed by atoms with Gasteiger partial charge >= 0.3 is 0 Å². The van der Waals surface area contributed by atoms with Gasteiger partial charge in [-0.15, -0.1) is 0 Å². The third kappa shape index (κ3) is 10.4. The summed E-state index contributed by atoms with van der Waals surface area (Å²) in [7, 11) is 0. The van der Waals surface area contributed by atoms with Crippen LogP contribution in [0.2, 0.25) is 0 Å². The Morgan fingerprint density at radius 2 is 0.679 bits per heavy atom. The largest absolute Gasteiger partial charge is 0.311 e. The van der Waals surface area contributed by atoms with E-state index < -0.39 is 0 Å². The first-order valence-corrected chi connectivity index (χ1v) is 36.8. The Morgan fingerprint density at radius 3 is 1.23 bits per heavy atom. The lowest BCUT2D eigenvalue weighted by molar-refractivity contribution is 0.590. The second kappa shape index (κ2) is 25.2. The van der Waals surface area contributed by atoms with E-state index in [1.54, 1.807) is 0 Å². The first kappa shape index (κ1) is 62.4. The zero-order chi connectivity index (χ0) is 70.6. The Bertz CT molecular complexity index is 6230. The van der Waals surface area contributed by atoms with Crippen molar-refractivity contribution in [3.63, 3.8) is 0 Å². The minimum absolute atomic E-state index is 0.0648. The van der Waals surface area contributed by atoms with Crippen LogP contribution in [0.1, 0.15) is 26.3 Å². The number of rotatable bonds is 12. The van der Waals surface area contributed by atoms with Crippen molar-refractivity contribution >= 4 is 118 Å². The molecule has 0 radical (unpaired) electrons. The highest BCUT2D eigenvalue weighted by atomic mass is 15.2. The van der Waals surface area contributed by atoms with Gasteiger partial charge in [0.25, 0.3) is 6.71 Å². The normalized spacial score (nSPS) is 12.4. The zero-order valence-electron chi connectivity index (χ0n) is 59.2. The number of aromatic nitrogens is 2. The first-order chi connectivity index (χ1) is 52.2. The van der Waals surface area contributed by atoms with E-state index in [0.29, 0.717) is 0 Å². The predicted octanol–water partition coefficient (Wildman–Crippen LogP) is 25.1. The lowest BCUT2D eigenvalue weighted by atomic mass is 9.33. The van der Waals surface area contributed by atoms with Crippen LogP contribution in [0.15, 0.2) is 382 Å². The standard InChI is InChI=1S/C100H72BN5/c1-100(2,3)75-39-28-38-71(59-75)72-52-55-88-94(62-72)105(80-60-73(67-30-10-4-11-31-67)58-74(61-80)68-32-12-5-13-33-68)96-65-81(104-90-49-25-22-44-84(90)85-45-23-26-50-91(85)104)66-97-98(96)101(88)89-56-53-79(64-95(89)106(97)99-82(69-34-14-6-15-35-69)47-29-48-83(99)70-36-16-7-17-37-70)103-92-51-27-24-46-86(92)87-63-78(54-57-93(87)103)102(76-40-18-8-19-41-76)77-42-20-9-21-43-77/h4-66H,1-3H3. The van der Waals surface area contributed by atoms with Gasteiger partial charge in [0.2, 0.25) is 0 Å². The average Bonchev–Trinajstić information content (AvgIpc) is 0.770. The number of benzene rings is 16. The summed E-state index contributed by atoms with van der Waals surface area (Å²) in [4.78, 5) is 7.69. The Hall–Kier alpha value is -13.4. The molecule has 0 amide bonds. The summed E-state index contributed by atoms with van der Waals surface area (Å²) in [6, 6.07) is 143. The van der Waals surface area contributed by atoms with E-state index in [2.05, 4.69) is 427 Å². The molecule has 0 unspecified atom stereocenters. The highest BCUT2D eigenvalue weighted by molar-refractivity contribution is 7.00. The second-order valence-electron chi connectivity index (χ2n) is 29.2. The van der Waals surface area contributed by atoms with Crippen LogP contribution in [0, 0.1) is 0 Å². The van der Waals surface area contributed by atoms with Crippen LogP contribution in [0.3, 0.4) is 0 Å². The number of hydrogen-bond donors (Lipinski definition) is 0. The molecule has 0 fully saturated rings. The highest BCUT2D eigenvalue weighted by Crippen LogP contribution is 2.53. The minimum atomic E-state index is -0.253. The number of fused-ring (bicyclic) bond motifs is 10. The molecule has 0 saturated heterocycles. The first-order valence-electron chi connectivity index (χ1n) is 36.8. The molecule has 16 aromatic carbocycles. The molecule has 0 N–H and O–H groups in total. The quantitative estimate of drug-likeness (QED) is 0.114. The topological polar surface area (TPSA) is 19.6 Å². The molecule has 2 aromatic heterocycles. The molecule has 0 atom stereocenters. The summed E-state index contributed by atoms with van der Waals surface area (Å²) in [6.07, 6.45) is 0. The van der Waals surface area contributed by atoms with Crippen LogP contribution in [-0.2, 0) is 5.41 Å². The Kier molecular flexibility index (Phi) is 14.8. The summed E-state index contributed by atoms with van der Waals surface area (Å²) < 4.78 is 5.04. The van der Waals surface area contributed by atoms with E-state index in [-0.39, 0.29) is 12.1 Å². The van der Waals surface area contributed by atoms with Crippen LogP contribution in [-0.4, -0.2) is 15.8 Å². The predicted molar refractivity (Wildman–Crippen MR) is 450 cm³/mol. The van der Waals surface area contributed by atoms with Crippen LogP contribution in [0.4, 0.5) is 51.2 Å². The van der Waals surface area contributed by atoms with E-state index in [0.717, 1.165) is 135 Å². The number of nitrogens with zero attached hydrogens (tertiary/aromatic N) is 5. The summed E-state index contributed by atoms with van der Waals surface area (Å²) >= 11 is 0. The van der Waals surface area contributed by atoms with Gasteiger partial charge in [-0.05, 0) is 181 Å². The third-order valence-electron chi connectivity index (χ3n) is 22.0. The molecule has 106 heavy (non-hydrogen) atoms. The lowest BCUT2D eigenvalue weighted by Crippen LogP contribution is -2.61. The van der Waals surface area contributed by atoms with Crippen molar-refractivity contribution in [2.24, 2.45) is 0 Å². The maximum atomic E-state index is 2.69. The Morgan fingerprint density at radius 1 is 0.255 bits per heavy atom. The summed E-state index contributed by atoms with van der Waals surface area (Å²) in [6.45, 7) is 6.69. The molecule has 0 saturated carbocycles. The second-order valence-corrected chi connectivity index (χ2v) is 29.2. The molecule has 0 bridgehead atoms. The van der Waals surface area contributed by atoms with Crippen molar-refractivity contribution < 1.29 is 0 Å². The van der Waals surface area contributed by atoms with E-state index in [1.165, 1.54) is 49.1 Å². The van der Waals surface area contributed by atoms with E-state index in [9.17, 15) is 0 Å². The molecule has 2 aliphatic rings. The third-order valence-corrected chi connectivity index (χ3v) is 22.0. The maximum absolute atomic E-state index is 2.69. The molecule has 6 heteroatoms. The van der Waals surface area contributed by atoms with Gasteiger partial charge in [0.05, 0.1) is 33.4 Å². The summed E-state index contributed by atoms with van der Waals surface area (Å²) in [5, 5.41) is 4.75. The molecule has 20 rings (SSSR count). The SMILES string of the molecule is CC(C)(C)c1cccc(-c2ccc3c(c2)N(c2cc(-c4ccccc4)cc(-c4ccccc4)c2)c2cc(-n4c5ccccc5c5ccccc54)cc4c2B3c2ccc(-n3c5ccccc5c5cc(N(c6ccccc6)c6ccccc6)ccc53)cc2N4c2c(-c3ccccc3)cccc2-c2ccccc2)c1. The number of hydrogen-bond acceptors (Lipinski definition) is 3. The van der Waals surface area contributed by atoms with Gasteiger partial charge in [0, 0.05) is 83.9 Å². The van der Waals surface area contributed by atoms with Crippen molar-refractivity contribution in [2.75, 3.05) is 14.7 Å². The number of para-hydroxylation sites is 6. The van der Waals surface area contributed by atoms with Crippen LogP contribution < -0.4 is 31.1 Å². The average molecular weight is 1350 g/mol. The van der Waals surface area contributed by atoms with Gasteiger partial charge in [0.1, 0.15) is 0 Å². The van der Waals surface area contributed by atoms with Crippen LogP contribution >= 0.6 is 0 Å². The number of anilines is 9. The molecule has 4 heterocycles. The van der Waals surface area contributed by atoms with E-state index >= 15 is 0 Å². The Balaban J connectivity index is 0.928. The molecule has 500 valence electrons. The van der Waals surface area contributed by atoms with E-state index in [1.807, 2.05) is 0 Å². The van der Waals surface area contributed by atoms with Crippen LogP contribution in [0.25, 0.3) is 111 Å². The molecule has 0 spiro atoms. The fraction of sp³-hybridized carbons (Fsp3) is 0.0400. The molecular weight excluding hydrogens is 1280 g/mol. The van der Waals surface area contributed by atoms with Gasteiger partial charge in [-0.2, -0.15) is 0 Å². The van der Waals surface area contributed by atoms with Crippen molar-refractivity contribution in [2.45, 2.75) is 26.2 Å². The fourth-order valence-electron chi connectivity index (χ4n) is 17.1. The van der Waals surface area contributed by atoms with E-state index in [4.69, 9.17) is 0 Å². The van der Waals surface area contributed by atoms with Gasteiger partial charge in [0.15, 0.2) is 0 Å². The monoisotopic (exact) mass is 1350 g/mol. The molecular formula is C100H72BN5. The van der Waals surface area contributed by atoms with Crippen molar-refractivity contribution in [3.8, 4) is 67.0 Å². The molecule has 18 aromatic rings. The molecule has 5 nitrogen and oxygen atoms in total. The minimum Gasteiger partial charge on any atom is -0.311 e. The lowest BCUT2D eigenvalue weighted by Gasteiger charge is -2.45. The van der Waals surface area contributed by atoms with Gasteiger partial charge in [-0.1, -0.05) is 294 Å². The summed E-state index contributed by atoms with van der Waals surface area (Å²) in [5.74, 6) is 0. The van der Waals surface area contributed by atoms with Crippen molar-refractivity contribution in [1.29, 1.82) is 0 Å². The van der Waals surface area contributed by atoms with Crippen LogP contribution in [0.5, 0.6) is 0 Å². The fourth-order valence-corrected chi connectivity index (χ4v) is 17.1. The smallest absolute Gasteiger partial charge is 0.252 e. The highest BCUT2D eigenvalue weighted by Gasteiger charge is 2.45. The van der Waals surface area contributed by atoms with Gasteiger partial charge in [-0.3, -0.25) is 0 Å². The molecule has 2 aliphatic heterocycles. The Labute approximate surface area is 618 Å². The zero-order valence-corrected chi connectivity index (χ0v) is 59.2. The summed E-state index contributed by atoms with van der Waals surface area (Å²) in [5.41, 5.74) is 32.8. The molecule has 0 aliphatic carbocycles.